The van der Waals surface area contributed by atoms with Crippen LogP contribution in [0.15, 0.2) is 18.2 Å². The second kappa shape index (κ2) is 6.81. The second-order valence-corrected chi connectivity index (χ2v) is 4.98. The van der Waals surface area contributed by atoms with Gasteiger partial charge in [0.25, 0.3) is 0 Å². The Hall–Kier alpha value is -1.00. The molecule has 1 aromatic carbocycles. The average Bonchev–Trinajstić information content (AvgIpc) is 2.27. The molecule has 0 heterocycles. The van der Waals surface area contributed by atoms with Crippen molar-refractivity contribution in [1.82, 2.24) is 5.32 Å². The molecule has 0 fully saturated rings. The van der Waals surface area contributed by atoms with Crippen LogP contribution in [-0.2, 0) is 0 Å². The number of halogens is 2. The van der Waals surface area contributed by atoms with Crippen LogP contribution >= 0.6 is 0 Å². The van der Waals surface area contributed by atoms with Crippen LogP contribution in [0.3, 0.4) is 0 Å². The standard InChI is InChI=1S/C14H21F2NO/c1-9(2)14(18)4-5-17-10(3)11-6-12(15)8-13(16)7-11/h6-10,14,17-18H,4-5H2,1-3H3. The van der Waals surface area contributed by atoms with E-state index in [0.29, 0.717) is 18.5 Å². The molecule has 2 nitrogen and oxygen atoms in total. The van der Waals surface area contributed by atoms with Gasteiger partial charge in [0.05, 0.1) is 6.10 Å². The summed E-state index contributed by atoms with van der Waals surface area (Å²) in [5.41, 5.74) is 0.575. The molecule has 18 heavy (non-hydrogen) atoms. The third-order valence-corrected chi connectivity index (χ3v) is 3.05. The zero-order chi connectivity index (χ0) is 13.7. The Bertz CT molecular complexity index is 362. The number of aliphatic hydroxyl groups excluding tert-OH is 1. The molecule has 0 spiro atoms. The van der Waals surface area contributed by atoms with Gasteiger partial charge in [0.15, 0.2) is 0 Å². The molecule has 2 atom stereocenters. The summed E-state index contributed by atoms with van der Waals surface area (Å²) in [6, 6.07) is 3.35. The molecule has 1 rings (SSSR count). The monoisotopic (exact) mass is 257 g/mol. The molecule has 0 aliphatic carbocycles. The van der Waals surface area contributed by atoms with Gasteiger partial charge in [-0.15, -0.1) is 0 Å². The van der Waals surface area contributed by atoms with Crippen molar-refractivity contribution >= 4 is 0 Å². The largest absolute Gasteiger partial charge is 0.393 e. The van der Waals surface area contributed by atoms with Gasteiger partial charge in [0, 0.05) is 12.1 Å². The first-order valence-corrected chi connectivity index (χ1v) is 6.27. The van der Waals surface area contributed by atoms with Gasteiger partial charge in [0.2, 0.25) is 0 Å². The van der Waals surface area contributed by atoms with E-state index in [1.54, 1.807) is 0 Å². The van der Waals surface area contributed by atoms with Gasteiger partial charge >= 0.3 is 0 Å². The lowest BCUT2D eigenvalue weighted by Gasteiger charge is -2.18. The van der Waals surface area contributed by atoms with Crippen molar-refractivity contribution in [3.63, 3.8) is 0 Å². The van der Waals surface area contributed by atoms with Crippen molar-refractivity contribution in [2.45, 2.75) is 39.3 Å². The highest BCUT2D eigenvalue weighted by molar-refractivity contribution is 5.20. The molecule has 0 aromatic heterocycles. The molecule has 4 heteroatoms. The molecule has 0 aliphatic heterocycles. The summed E-state index contributed by atoms with van der Waals surface area (Å²) in [6.07, 6.45) is 0.272. The smallest absolute Gasteiger partial charge is 0.126 e. The first kappa shape index (κ1) is 15.1. The van der Waals surface area contributed by atoms with Crippen LogP contribution in [0.1, 0.15) is 38.8 Å². The van der Waals surface area contributed by atoms with E-state index >= 15 is 0 Å². The lowest BCUT2D eigenvalue weighted by molar-refractivity contribution is 0.115. The lowest BCUT2D eigenvalue weighted by atomic mass is 10.0. The quantitative estimate of drug-likeness (QED) is 0.821. The van der Waals surface area contributed by atoms with Crippen LogP contribution in [0, 0.1) is 17.6 Å². The minimum absolute atomic E-state index is 0.144. The van der Waals surface area contributed by atoms with E-state index in [1.165, 1.54) is 12.1 Å². The second-order valence-electron chi connectivity index (χ2n) is 4.98. The van der Waals surface area contributed by atoms with Crippen LogP contribution in [0.25, 0.3) is 0 Å². The summed E-state index contributed by atoms with van der Waals surface area (Å²) < 4.78 is 26.1. The fourth-order valence-corrected chi connectivity index (χ4v) is 1.72. The van der Waals surface area contributed by atoms with Gasteiger partial charge in [-0.3, -0.25) is 0 Å². The molecular weight excluding hydrogens is 236 g/mol. The Morgan fingerprint density at radius 1 is 1.11 bits per heavy atom. The van der Waals surface area contributed by atoms with Crippen LogP contribution in [0.4, 0.5) is 8.78 Å². The lowest BCUT2D eigenvalue weighted by Crippen LogP contribution is -2.25. The van der Waals surface area contributed by atoms with E-state index in [2.05, 4.69) is 5.32 Å². The van der Waals surface area contributed by atoms with Gasteiger partial charge in [-0.05, 0) is 43.5 Å². The highest BCUT2D eigenvalue weighted by Gasteiger charge is 2.11. The van der Waals surface area contributed by atoms with E-state index in [-0.39, 0.29) is 18.1 Å². The van der Waals surface area contributed by atoms with Crippen LogP contribution in [-0.4, -0.2) is 17.8 Å². The highest BCUT2D eigenvalue weighted by Crippen LogP contribution is 2.16. The predicted molar refractivity (Wildman–Crippen MR) is 68.2 cm³/mol. The zero-order valence-corrected chi connectivity index (χ0v) is 11.1. The summed E-state index contributed by atoms with van der Waals surface area (Å²) in [6.45, 7) is 6.36. The number of hydrogen-bond acceptors (Lipinski definition) is 2. The topological polar surface area (TPSA) is 32.3 Å². The Kier molecular flexibility index (Phi) is 5.69. The molecule has 102 valence electrons. The molecular formula is C14H21F2NO. The molecule has 2 unspecified atom stereocenters. The summed E-state index contributed by atoms with van der Waals surface area (Å²) in [7, 11) is 0. The number of rotatable bonds is 6. The molecule has 0 saturated heterocycles. The van der Waals surface area contributed by atoms with Crippen LogP contribution in [0.2, 0.25) is 0 Å². The molecule has 1 aromatic rings. The van der Waals surface area contributed by atoms with Gasteiger partial charge < -0.3 is 10.4 Å². The van der Waals surface area contributed by atoms with Crippen molar-refractivity contribution in [1.29, 1.82) is 0 Å². The molecule has 0 amide bonds. The summed E-state index contributed by atoms with van der Waals surface area (Å²) in [4.78, 5) is 0. The van der Waals surface area contributed by atoms with Gasteiger partial charge in [-0.2, -0.15) is 0 Å². The predicted octanol–water partition coefficient (Wildman–Crippen LogP) is 3.02. The van der Waals surface area contributed by atoms with Crippen molar-refractivity contribution < 1.29 is 13.9 Å². The fraction of sp³-hybridized carbons (Fsp3) is 0.571. The number of benzene rings is 1. The SMILES string of the molecule is CC(NCCC(O)C(C)C)c1cc(F)cc(F)c1. The van der Waals surface area contributed by atoms with Crippen LogP contribution in [0.5, 0.6) is 0 Å². The Balaban J connectivity index is 2.47. The Morgan fingerprint density at radius 2 is 1.67 bits per heavy atom. The molecule has 0 bridgehead atoms. The number of hydrogen-bond donors (Lipinski definition) is 2. The minimum Gasteiger partial charge on any atom is -0.393 e. The molecule has 0 radical (unpaired) electrons. The first-order valence-electron chi connectivity index (χ1n) is 6.27. The average molecular weight is 257 g/mol. The zero-order valence-electron chi connectivity index (χ0n) is 11.1. The van der Waals surface area contributed by atoms with E-state index in [1.807, 2.05) is 20.8 Å². The van der Waals surface area contributed by atoms with E-state index in [9.17, 15) is 13.9 Å². The third kappa shape index (κ3) is 4.70. The number of aliphatic hydroxyl groups is 1. The summed E-state index contributed by atoms with van der Waals surface area (Å²) in [5.74, 6) is -0.921. The van der Waals surface area contributed by atoms with Gasteiger partial charge in [0.1, 0.15) is 11.6 Å². The Labute approximate surface area is 107 Å². The third-order valence-electron chi connectivity index (χ3n) is 3.05. The molecule has 2 N–H and O–H groups in total. The first-order chi connectivity index (χ1) is 8.40. The Morgan fingerprint density at radius 3 is 2.17 bits per heavy atom. The maximum Gasteiger partial charge on any atom is 0.126 e. The van der Waals surface area contributed by atoms with E-state index < -0.39 is 11.6 Å². The van der Waals surface area contributed by atoms with E-state index in [0.717, 1.165) is 6.07 Å². The summed E-state index contributed by atoms with van der Waals surface area (Å²) >= 11 is 0. The van der Waals surface area contributed by atoms with Gasteiger partial charge in [-0.25, -0.2) is 8.78 Å². The maximum absolute atomic E-state index is 13.0. The maximum atomic E-state index is 13.0. The van der Waals surface area contributed by atoms with E-state index in [4.69, 9.17) is 0 Å². The minimum atomic E-state index is -0.569. The molecule has 0 aliphatic rings. The van der Waals surface area contributed by atoms with Crippen molar-refractivity contribution in [2.75, 3.05) is 6.54 Å². The van der Waals surface area contributed by atoms with Crippen LogP contribution < -0.4 is 5.32 Å². The normalized spacial score (nSPS) is 14.8. The highest BCUT2D eigenvalue weighted by atomic mass is 19.1. The van der Waals surface area contributed by atoms with Crippen molar-refractivity contribution in [2.24, 2.45) is 5.92 Å². The number of nitrogens with one attached hydrogen (secondary N) is 1. The molecule has 0 saturated carbocycles. The fourth-order valence-electron chi connectivity index (χ4n) is 1.72. The van der Waals surface area contributed by atoms with Gasteiger partial charge in [-0.1, -0.05) is 13.8 Å². The van der Waals surface area contributed by atoms with Crippen molar-refractivity contribution in [3.05, 3.63) is 35.4 Å². The summed E-state index contributed by atoms with van der Waals surface area (Å²) in [5, 5.41) is 12.8. The van der Waals surface area contributed by atoms with Crippen molar-refractivity contribution in [3.8, 4) is 0 Å².